The molecule has 0 aliphatic rings. The van der Waals surface area contributed by atoms with Gasteiger partial charge in [-0.25, -0.2) is 0 Å². The molecular formula is C19H25N3OS. The number of likely N-dealkylation sites (N-methyl/N-ethyl adjacent to an activating group) is 1. The average molecular weight is 343 g/mol. The number of anilines is 1. The molecule has 0 heterocycles. The Bertz CT molecular complexity index is 617. The number of nitrogens with zero attached hydrogens (tertiary/aromatic N) is 2. The van der Waals surface area contributed by atoms with Crippen molar-refractivity contribution in [2.45, 2.75) is 18.7 Å². The Hall–Kier alpha value is -2.16. The molecule has 24 heavy (non-hydrogen) atoms. The molecule has 0 saturated heterocycles. The lowest BCUT2D eigenvalue weighted by atomic mass is 10.2. The molecule has 2 aromatic rings. The Balaban J connectivity index is 0.000000272. The molecule has 2 rings (SSSR count). The SMILES string of the molecule is CCN(CC)CCOc1ccc(N)cc1.N#Cc1ccc(S)cc1. The first-order valence-electron chi connectivity index (χ1n) is 7.98. The van der Waals surface area contributed by atoms with E-state index in [1.54, 1.807) is 24.3 Å². The highest BCUT2D eigenvalue weighted by Gasteiger charge is 1.99. The molecule has 2 aromatic carbocycles. The Morgan fingerprint density at radius 1 is 1.04 bits per heavy atom. The van der Waals surface area contributed by atoms with E-state index in [4.69, 9.17) is 15.7 Å². The van der Waals surface area contributed by atoms with Crippen molar-refractivity contribution >= 4 is 18.3 Å². The zero-order chi connectivity index (χ0) is 17.8. The fourth-order valence-corrected chi connectivity index (χ4v) is 2.08. The summed E-state index contributed by atoms with van der Waals surface area (Å²) in [5, 5.41) is 8.35. The van der Waals surface area contributed by atoms with E-state index in [-0.39, 0.29) is 0 Å². The van der Waals surface area contributed by atoms with E-state index < -0.39 is 0 Å². The van der Waals surface area contributed by atoms with Crippen molar-refractivity contribution in [3.63, 3.8) is 0 Å². The fourth-order valence-electron chi connectivity index (χ4n) is 1.93. The van der Waals surface area contributed by atoms with Crippen LogP contribution in [0.5, 0.6) is 5.75 Å². The van der Waals surface area contributed by atoms with Crippen LogP contribution < -0.4 is 10.5 Å². The van der Waals surface area contributed by atoms with Gasteiger partial charge in [-0.1, -0.05) is 13.8 Å². The van der Waals surface area contributed by atoms with Crippen molar-refractivity contribution < 1.29 is 4.74 Å². The van der Waals surface area contributed by atoms with Gasteiger partial charge in [-0.3, -0.25) is 0 Å². The fraction of sp³-hybridized carbons (Fsp3) is 0.316. The lowest BCUT2D eigenvalue weighted by Gasteiger charge is -2.17. The van der Waals surface area contributed by atoms with Gasteiger partial charge in [-0.05, 0) is 61.6 Å². The van der Waals surface area contributed by atoms with E-state index >= 15 is 0 Å². The second-order valence-corrected chi connectivity index (χ2v) is 5.62. The smallest absolute Gasteiger partial charge is 0.119 e. The van der Waals surface area contributed by atoms with Gasteiger partial charge in [0.05, 0.1) is 11.6 Å². The van der Waals surface area contributed by atoms with Crippen molar-refractivity contribution in [3.8, 4) is 11.8 Å². The third-order valence-corrected chi connectivity index (χ3v) is 3.75. The van der Waals surface area contributed by atoms with Crippen LogP contribution in [0.2, 0.25) is 0 Å². The van der Waals surface area contributed by atoms with Crippen molar-refractivity contribution in [2.24, 2.45) is 0 Å². The molecule has 0 radical (unpaired) electrons. The second kappa shape index (κ2) is 11.4. The van der Waals surface area contributed by atoms with Crippen LogP contribution in [0.4, 0.5) is 5.69 Å². The molecule has 0 bridgehead atoms. The zero-order valence-corrected chi connectivity index (χ0v) is 15.2. The maximum Gasteiger partial charge on any atom is 0.119 e. The first-order valence-corrected chi connectivity index (χ1v) is 8.43. The molecule has 0 aliphatic carbocycles. The largest absolute Gasteiger partial charge is 0.492 e. The summed E-state index contributed by atoms with van der Waals surface area (Å²) in [4.78, 5) is 3.21. The summed E-state index contributed by atoms with van der Waals surface area (Å²) < 4.78 is 5.60. The number of thiol groups is 1. The summed E-state index contributed by atoms with van der Waals surface area (Å²) in [5.74, 6) is 0.886. The Kier molecular flexibility index (Phi) is 9.44. The molecule has 2 N–H and O–H groups in total. The number of nitriles is 1. The van der Waals surface area contributed by atoms with E-state index in [1.807, 2.05) is 30.3 Å². The number of ether oxygens (including phenoxy) is 1. The number of hydrogen-bond donors (Lipinski definition) is 2. The molecule has 0 unspecified atom stereocenters. The first kappa shape index (κ1) is 19.9. The minimum Gasteiger partial charge on any atom is -0.492 e. The molecule has 0 spiro atoms. The number of benzene rings is 2. The van der Waals surface area contributed by atoms with E-state index in [1.165, 1.54) is 0 Å². The van der Waals surface area contributed by atoms with Crippen LogP contribution in [-0.4, -0.2) is 31.1 Å². The molecule has 0 fully saturated rings. The minimum absolute atomic E-state index is 0.674. The van der Waals surface area contributed by atoms with Gasteiger partial charge < -0.3 is 15.4 Å². The summed E-state index contributed by atoms with van der Waals surface area (Å²) in [6.07, 6.45) is 0. The highest BCUT2D eigenvalue weighted by Crippen LogP contribution is 2.12. The van der Waals surface area contributed by atoms with Gasteiger partial charge in [0.1, 0.15) is 12.4 Å². The van der Waals surface area contributed by atoms with Crippen molar-refractivity contribution in [2.75, 3.05) is 32.0 Å². The zero-order valence-electron chi connectivity index (χ0n) is 14.3. The summed E-state index contributed by atoms with van der Waals surface area (Å²) >= 11 is 4.06. The van der Waals surface area contributed by atoms with E-state index in [0.717, 1.165) is 42.6 Å². The molecule has 0 aliphatic heterocycles. The van der Waals surface area contributed by atoms with Gasteiger partial charge in [-0.2, -0.15) is 5.26 Å². The van der Waals surface area contributed by atoms with E-state index in [2.05, 4.69) is 31.4 Å². The maximum absolute atomic E-state index is 8.35. The maximum atomic E-state index is 8.35. The Morgan fingerprint density at radius 3 is 2.12 bits per heavy atom. The molecular weight excluding hydrogens is 318 g/mol. The third kappa shape index (κ3) is 7.91. The standard InChI is InChI=1S/C12H20N2O.C7H5NS/c1-3-14(4-2)9-10-15-12-7-5-11(13)6-8-12;8-5-6-1-3-7(9)4-2-6/h5-8H,3-4,9-10,13H2,1-2H3;1-4,9H. The number of hydrogen-bond acceptors (Lipinski definition) is 5. The van der Waals surface area contributed by atoms with Crippen molar-refractivity contribution in [1.82, 2.24) is 4.90 Å². The summed E-state index contributed by atoms with van der Waals surface area (Å²) in [5.41, 5.74) is 7.03. The molecule has 4 nitrogen and oxygen atoms in total. The second-order valence-electron chi connectivity index (χ2n) is 5.10. The van der Waals surface area contributed by atoms with Crippen molar-refractivity contribution in [3.05, 3.63) is 54.1 Å². The van der Waals surface area contributed by atoms with Crippen molar-refractivity contribution in [1.29, 1.82) is 5.26 Å². The average Bonchev–Trinajstić information content (AvgIpc) is 2.62. The van der Waals surface area contributed by atoms with Gasteiger partial charge in [0.2, 0.25) is 0 Å². The Morgan fingerprint density at radius 2 is 1.62 bits per heavy atom. The van der Waals surface area contributed by atoms with Crippen LogP contribution in [0.25, 0.3) is 0 Å². The third-order valence-electron chi connectivity index (χ3n) is 3.45. The Labute approximate surface area is 150 Å². The highest BCUT2D eigenvalue weighted by molar-refractivity contribution is 7.80. The number of rotatable bonds is 6. The van der Waals surface area contributed by atoms with Gasteiger partial charge in [0, 0.05) is 17.1 Å². The van der Waals surface area contributed by atoms with Crippen LogP contribution >= 0.6 is 12.6 Å². The molecule has 128 valence electrons. The van der Waals surface area contributed by atoms with Gasteiger partial charge in [0.25, 0.3) is 0 Å². The number of nitrogen functional groups attached to an aromatic ring is 1. The monoisotopic (exact) mass is 343 g/mol. The molecule has 0 aromatic heterocycles. The topological polar surface area (TPSA) is 62.3 Å². The summed E-state index contributed by atoms with van der Waals surface area (Å²) in [7, 11) is 0. The van der Waals surface area contributed by atoms with Gasteiger partial charge in [0.15, 0.2) is 0 Å². The summed E-state index contributed by atoms with van der Waals surface area (Å²) in [6.45, 7) is 8.16. The normalized spacial score (nSPS) is 9.79. The lowest BCUT2D eigenvalue weighted by Crippen LogP contribution is -2.27. The summed E-state index contributed by atoms with van der Waals surface area (Å²) in [6, 6.07) is 16.6. The minimum atomic E-state index is 0.674. The van der Waals surface area contributed by atoms with E-state index in [0.29, 0.717) is 5.56 Å². The van der Waals surface area contributed by atoms with Crippen LogP contribution in [0, 0.1) is 11.3 Å². The first-order chi connectivity index (χ1) is 11.6. The predicted molar refractivity (Wildman–Crippen MR) is 103 cm³/mol. The van der Waals surface area contributed by atoms with Gasteiger partial charge >= 0.3 is 0 Å². The van der Waals surface area contributed by atoms with Crippen LogP contribution in [0.1, 0.15) is 19.4 Å². The number of nitrogens with two attached hydrogens (primary N) is 1. The van der Waals surface area contributed by atoms with Gasteiger partial charge in [-0.15, -0.1) is 12.6 Å². The predicted octanol–water partition coefficient (Wildman–Crippen LogP) is 3.84. The molecule has 0 amide bonds. The molecule has 5 heteroatoms. The quantitative estimate of drug-likeness (QED) is 0.618. The van der Waals surface area contributed by atoms with Crippen LogP contribution in [0.15, 0.2) is 53.4 Å². The van der Waals surface area contributed by atoms with Crippen LogP contribution in [0.3, 0.4) is 0 Å². The molecule has 0 atom stereocenters. The highest BCUT2D eigenvalue weighted by atomic mass is 32.1. The van der Waals surface area contributed by atoms with Crippen LogP contribution in [-0.2, 0) is 0 Å². The van der Waals surface area contributed by atoms with E-state index in [9.17, 15) is 0 Å². The molecule has 0 saturated carbocycles. The lowest BCUT2D eigenvalue weighted by molar-refractivity contribution is 0.223.